The number of aromatic nitrogens is 2. The van der Waals surface area contributed by atoms with Gasteiger partial charge < -0.3 is 20.7 Å². The highest BCUT2D eigenvalue weighted by Crippen LogP contribution is 2.28. The van der Waals surface area contributed by atoms with Gasteiger partial charge in [-0.15, -0.1) is 0 Å². The van der Waals surface area contributed by atoms with Gasteiger partial charge in [-0.3, -0.25) is 4.98 Å². The summed E-state index contributed by atoms with van der Waals surface area (Å²) in [5.41, 5.74) is 3.66. The molecule has 4 N–H and O–H groups in total. The van der Waals surface area contributed by atoms with Crippen molar-refractivity contribution in [3.8, 4) is 17.1 Å². The lowest BCUT2D eigenvalue weighted by molar-refractivity contribution is 0.262. The first-order valence-electron chi connectivity index (χ1n) is 8.09. The molecule has 4 aromatic rings. The molecule has 0 saturated heterocycles. The van der Waals surface area contributed by atoms with E-state index in [9.17, 15) is 9.90 Å². The van der Waals surface area contributed by atoms with Gasteiger partial charge in [-0.25, -0.2) is 4.79 Å². The molecule has 0 aliphatic rings. The van der Waals surface area contributed by atoms with E-state index < -0.39 is 0 Å². The highest BCUT2D eigenvalue weighted by atomic mass is 16.3. The molecule has 6 heteroatoms. The van der Waals surface area contributed by atoms with Crippen molar-refractivity contribution in [3.05, 3.63) is 72.9 Å². The number of fused-ring (bicyclic) bond motifs is 1. The maximum absolute atomic E-state index is 12.3. The van der Waals surface area contributed by atoms with E-state index in [1.807, 2.05) is 30.3 Å². The minimum absolute atomic E-state index is 0.143. The molecule has 26 heavy (non-hydrogen) atoms. The van der Waals surface area contributed by atoms with Gasteiger partial charge in [0.05, 0.1) is 11.4 Å². The molecule has 2 heterocycles. The van der Waals surface area contributed by atoms with Gasteiger partial charge in [0.1, 0.15) is 11.4 Å². The van der Waals surface area contributed by atoms with Crippen molar-refractivity contribution < 1.29 is 9.90 Å². The topological polar surface area (TPSA) is 90.0 Å². The Kier molecular flexibility index (Phi) is 3.99. The van der Waals surface area contributed by atoms with Crippen molar-refractivity contribution in [2.75, 3.05) is 10.6 Å². The Morgan fingerprint density at radius 2 is 1.77 bits per heavy atom. The molecule has 0 fully saturated rings. The van der Waals surface area contributed by atoms with Crippen LogP contribution in [0.4, 0.5) is 16.2 Å². The summed E-state index contributed by atoms with van der Waals surface area (Å²) in [5, 5.41) is 15.9. The summed E-state index contributed by atoms with van der Waals surface area (Å²) >= 11 is 0. The number of carbonyl (C=O) groups excluding carboxylic acids is 1. The fourth-order valence-electron chi connectivity index (χ4n) is 2.75. The number of nitrogens with one attached hydrogen (secondary N) is 3. The molecule has 0 radical (unpaired) electrons. The number of anilines is 2. The maximum atomic E-state index is 12.3. The average Bonchev–Trinajstić information content (AvgIpc) is 3.08. The molecule has 0 aliphatic heterocycles. The van der Waals surface area contributed by atoms with Crippen molar-refractivity contribution >= 4 is 28.3 Å². The molecule has 2 aromatic carbocycles. The lowest BCUT2D eigenvalue weighted by Gasteiger charge is -2.10. The molecular formula is C20H16N4O2. The third-order valence-electron chi connectivity index (χ3n) is 3.97. The first-order valence-corrected chi connectivity index (χ1v) is 8.09. The molecule has 128 valence electrons. The zero-order chi connectivity index (χ0) is 17.9. The van der Waals surface area contributed by atoms with E-state index >= 15 is 0 Å². The molecule has 0 aliphatic carbocycles. The van der Waals surface area contributed by atoms with Crippen LogP contribution in [0.15, 0.2) is 72.9 Å². The molecule has 0 atom stereocenters. The third kappa shape index (κ3) is 3.21. The number of pyridine rings is 1. The van der Waals surface area contributed by atoms with Crippen molar-refractivity contribution in [3.63, 3.8) is 0 Å². The Morgan fingerprint density at radius 3 is 2.58 bits per heavy atom. The molecule has 2 amide bonds. The minimum atomic E-state index is -0.388. The zero-order valence-electron chi connectivity index (χ0n) is 13.7. The first-order chi connectivity index (χ1) is 12.7. The summed E-state index contributed by atoms with van der Waals surface area (Å²) in [6.07, 6.45) is 1.68. The predicted octanol–water partition coefficient (Wildman–Crippen LogP) is 4.58. The number of benzene rings is 2. The molecule has 0 bridgehead atoms. The lowest BCUT2D eigenvalue weighted by atomic mass is 10.2. The van der Waals surface area contributed by atoms with E-state index in [1.165, 1.54) is 12.1 Å². The average molecular weight is 344 g/mol. The quantitative estimate of drug-likeness (QED) is 0.410. The maximum Gasteiger partial charge on any atom is 0.323 e. The van der Waals surface area contributed by atoms with Crippen LogP contribution in [0, 0.1) is 0 Å². The van der Waals surface area contributed by atoms with E-state index in [4.69, 9.17) is 0 Å². The number of carbonyl (C=O) groups is 1. The van der Waals surface area contributed by atoms with Crippen LogP contribution in [0.1, 0.15) is 0 Å². The summed E-state index contributed by atoms with van der Waals surface area (Å²) in [4.78, 5) is 20.0. The number of amides is 2. The second kappa shape index (κ2) is 6.60. The van der Waals surface area contributed by atoms with Gasteiger partial charge in [0, 0.05) is 22.8 Å². The van der Waals surface area contributed by atoms with Crippen molar-refractivity contribution in [1.82, 2.24) is 9.97 Å². The molecule has 0 spiro atoms. The Balaban J connectivity index is 1.59. The zero-order valence-corrected chi connectivity index (χ0v) is 13.7. The second-order valence-electron chi connectivity index (χ2n) is 5.80. The third-order valence-corrected chi connectivity index (χ3v) is 3.97. The molecule has 0 unspecified atom stereocenters. The number of aromatic amines is 1. The summed E-state index contributed by atoms with van der Waals surface area (Å²) in [7, 11) is 0. The van der Waals surface area contributed by atoms with Crippen LogP contribution in [0.5, 0.6) is 5.75 Å². The number of phenolic OH excluding ortho intramolecular Hbond substituents is 1. The van der Waals surface area contributed by atoms with Gasteiger partial charge in [-0.05, 0) is 48.5 Å². The van der Waals surface area contributed by atoms with Crippen LogP contribution in [0.2, 0.25) is 0 Å². The fourth-order valence-corrected chi connectivity index (χ4v) is 2.75. The number of urea groups is 1. The van der Waals surface area contributed by atoms with E-state index in [1.54, 1.807) is 30.5 Å². The molecular weight excluding hydrogens is 328 g/mol. The monoisotopic (exact) mass is 344 g/mol. The summed E-state index contributed by atoms with van der Waals surface area (Å²) < 4.78 is 0. The van der Waals surface area contributed by atoms with Crippen molar-refractivity contribution in [1.29, 1.82) is 0 Å². The van der Waals surface area contributed by atoms with Gasteiger partial charge in [-0.2, -0.15) is 0 Å². The Hall–Kier alpha value is -3.80. The van der Waals surface area contributed by atoms with E-state index in [-0.39, 0.29) is 11.8 Å². The van der Waals surface area contributed by atoms with Gasteiger partial charge in [0.15, 0.2) is 0 Å². The smallest absolute Gasteiger partial charge is 0.323 e. The van der Waals surface area contributed by atoms with Crippen LogP contribution in [-0.2, 0) is 0 Å². The van der Waals surface area contributed by atoms with Gasteiger partial charge >= 0.3 is 6.03 Å². The van der Waals surface area contributed by atoms with E-state index in [0.29, 0.717) is 17.1 Å². The SMILES string of the molecule is O=C(Nc1ccc(O)cc1)Nc1cccnc1-c1cc2ccccc2[nH]1. The fraction of sp³-hybridized carbons (Fsp3) is 0. The number of rotatable bonds is 3. The number of hydrogen-bond donors (Lipinski definition) is 4. The van der Waals surface area contributed by atoms with Crippen LogP contribution in [0.25, 0.3) is 22.3 Å². The second-order valence-corrected chi connectivity index (χ2v) is 5.80. The van der Waals surface area contributed by atoms with Gasteiger partial charge in [-0.1, -0.05) is 18.2 Å². The number of phenols is 1. The predicted molar refractivity (Wildman–Crippen MR) is 102 cm³/mol. The van der Waals surface area contributed by atoms with Gasteiger partial charge in [0.25, 0.3) is 0 Å². The van der Waals surface area contributed by atoms with E-state index in [2.05, 4.69) is 20.6 Å². The standard InChI is InChI=1S/C20H16N4O2/c25-15-9-7-14(8-10-15)22-20(26)24-17-6-3-11-21-19(17)18-12-13-4-1-2-5-16(13)23-18/h1-12,23,25H,(H2,22,24,26). The molecule has 2 aromatic heterocycles. The van der Waals surface area contributed by atoms with Crippen LogP contribution < -0.4 is 10.6 Å². The lowest BCUT2D eigenvalue weighted by Crippen LogP contribution is -2.20. The highest BCUT2D eigenvalue weighted by molar-refractivity contribution is 6.02. The number of H-pyrrole nitrogens is 1. The normalized spacial score (nSPS) is 10.6. The van der Waals surface area contributed by atoms with Crippen LogP contribution >= 0.6 is 0 Å². The van der Waals surface area contributed by atoms with E-state index in [0.717, 1.165) is 16.6 Å². The number of aromatic hydroxyl groups is 1. The number of nitrogens with zero attached hydrogens (tertiary/aromatic N) is 1. The first kappa shape index (κ1) is 15.7. The molecule has 4 rings (SSSR count). The van der Waals surface area contributed by atoms with Gasteiger partial charge in [0.2, 0.25) is 0 Å². The number of para-hydroxylation sites is 1. The molecule has 6 nitrogen and oxygen atoms in total. The minimum Gasteiger partial charge on any atom is -0.508 e. The number of hydrogen-bond acceptors (Lipinski definition) is 3. The Bertz CT molecular complexity index is 1040. The van der Waals surface area contributed by atoms with Crippen molar-refractivity contribution in [2.45, 2.75) is 0 Å². The van der Waals surface area contributed by atoms with Crippen LogP contribution in [-0.4, -0.2) is 21.1 Å². The summed E-state index contributed by atoms with van der Waals surface area (Å²) in [5.74, 6) is 0.143. The van der Waals surface area contributed by atoms with Crippen LogP contribution in [0.3, 0.4) is 0 Å². The summed E-state index contributed by atoms with van der Waals surface area (Å²) in [6, 6.07) is 19.4. The van der Waals surface area contributed by atoms with Crippen molar-refractivity contribution in [2.24, 2.45) is 0 Å². The Labute approximate surface area is 149 Å². The largest absolute Gasteiger partial charge is 0.508 e. The highest BCUT2D eigenvalue weighted by Gasteiger charge is 2.12. The Morgan fingerprint density at radius 1 is 0.962 bits per heavy atom. The molecule has 0 saturated carbocycles. The summed E-state index contributed by atoms with van der Waals surface area (Å²) in [6.45, 7) is 0.